The van der Waals surface area contributed by atoms with E-state index in [1.807, 2.05) is 42.2 Å². The van der Waals surface area contributed by atoms with Crippen molar-refractivity contribution in [3.05, 3.63) is 47.4 Å². The maximum atomic E-state index is 12.7. The zero-order chi connectivity index (χ0) is 17.9. The Bertz CT molecular complexity index is 786. The van der Waals surface area contributed by atoms with Gasteiger partial charge < -0.3 is 15.1 Å². The summed E-state index contributed by atoms with van der Waals surface area (Å²) in [5.41, 5.74) is 3.04. The number of aromatic nitrogens is 2. The van der Waals surface area contributed by atoms with Gasteiger partial charge in [-0.2, -0.15) is 0 Å². The maximum absolute atomic E-state index is 12.7. The topological polar surface area (TPSA) is 61.4 Å². The maximum Gasteiger partial charge on any atom is 0.322 e. The fourth-order valence-electron chi connectivity index (χ4n) is 3.78. The molecule has 0 aliphatic carbocycles. The van der Waals surface area contributed by atoms with Crippen molar-refractivity contribution in [3.63, 3.8) is 0 Å². The van der Waals surface area contributed by atoms with E-state index in [2.05, 4.69) is 15.2 Å². The molecule has 2 aliphatic rings. The van der Waals surface area contributed by atoms with Crippen LogP contribution >= 0.6 is 0 Å². The highest BCUT2D eigenvalue weighted by Gasteiger charge is 2.27. The SMILES string of the molecule is Cc1nc2c(c(N3CCCCC3)n1)CN(C(=O)Nc1ccccc1)CC2. The number of hydrogen-bond donors (Lipinski definition) is 1. The van der Waals surface area contributed by atoms with Crippen LogP contribution in [0.2, 0.25) is 0 Å². The highest BCUT2D eigenvalue weighted by Crippen LogP contribution is 2.29. The Labute approximate surface area is 154 Å². The summed E-state index contributed by atoms with van der Waals surface area (Å²) in [4.78, 5) is 26.3. The van der Waals surface area contributed by atoms with Gasteiger partial charge in [0.25, 0.3) is 0 Å². The quantitative estimate of drug-likeness (QED) is 0.901. The third kappa shape index (κ3) is 3.49. The van der Waals surface area contributed by atoms with Crippen LogP contribution in [0.15, 0.2) is 30.3 Å². The van der Waals surface area contributed by atoms with E-state index in [9.17, 15) is 4.79 Å². The first-order valence-electron chi connectivity index (χ1n) is 9.43. The van der Waals surface area contributed by atoms with Crippen LogP contribution in [0.25, 0.3) is 0 Å². The number of benzene rings is 1. The summed E-state index contributed by atoms with van der Waals surface area (Å²) in [6.45, 7) is 5.29. The summed E-state index contributed by atoms with van der Waals surface area (Å²) >= 11 is 0. The van der Waals surface area contributed by atoms with Crippen molar-refractivity contribution in [2.45, 2.75) is 39.2 Å². The smallest absolute Gasteiger partial charge is 0.322 e. The summed E-state index contributed by atoms with van der Waals surface area (Å²) in [6, 6.07) is 9.53. The number of hydrogen-bond acceptors (Lipinski definition) is 4. The lowest BCUT2D eigenvalue weighted by Crippen LogP contribution is -2.41. The van der Waals surface area contributed by atoms with Gasteiger partial charge in [0.15, 0.2) is 0 Å². The van der Waals surface area contributed by atoms with Crippen LogP contribution in [-0.2, 0) is 13.0 Å². The molecule has 2 aliphatic heterocycles. The molecule has 0 spiro atoms. The molecule has 6 nitrogen and oxygen atoms in total. The number of piperidine rings is 1. The first-order valence-corrected chi connectivity index (χ1v) is 9.43. The van der Waals surface area contributed by atoms with Crippen molar-refractivity contribution < 1.29 is 4.79 Å². The summed E-state index contributed by atoms with van der Waals surface area (Å²) in [6.07, 6.45) is 4.47. The van der Waals surface area contributed by atoms with Gasteiger partial charge >= 0.3 is 6.03 Å². The van der Waals surface area contributed by atoms with Crippen molar-refractivity contribution in [2.75, 3.05) is 29.9 Å². The van der Waals surface area contributed by atoms with E-state index in [0.717, 1.165) is 48.1 Å². The number of anilines is 2. The van der Waals surface area contributed by atoms with Crippen LogP contribution < -0.4 is 10.2 Å². The van der Waals surface area contributed by atoms with Gasteiger partial charge in [-0.05, 0) is 38.3 Å². The van der Waals surface area contributed by atoms with E-state index in [1.165, 1.54) is 19.3 Å². The molecule has 1 aromatic carbocycles. The number of carbonyl (C=O) groups is 1. The average Bonchev–Trinajstić information content (AvgIpc) is 2.68. The number of fused-ring (bicyclic) bond motifs is 1. The molecular weight excluding hydrogens is 326 g/mol. The number of nitrogens with one attached hydrogen (secondary N) is 1. The van der Waals surface area contributed by atoms with Crippen LogP contribution in [0.3, 0.4) is 0 Å². The predicted molar refractivity (Wildman–Crippen MR) is 102 cm³/mol. The molecule has 2 aromatic rings. The molecule has 1 aromatic heterocycles. The molecule has 1 N–H and O–H groups in total. The minimum atomic E-state index is -0.0629. The summed E-state index contributed by atoms with van der Waals surface area (Å²) in [5.74, 6) is 1.86. The Morgan fingerprint density at radius 2 is 1.81 bits per heavy atom. The van der Waals surface area contributed by atoms with Crippen molar-refractivity contribution in [2.24, 2.45) is 0 Å². The van der Waals surface area contributed by atoms with E-state index in [4.69, 9.17) is 4.98 Å². The van der Waals surface area contributed by atoms with Gasteiger partial charge in [-0.15, -0.1) is 0 Å². The Hall–Kier alpha value is -2.63. The first-order chi connectivity index (χ1) is 12.7. The van der Waals surface area contributed by atoms with Gasteiger partial charge in [0.05, 0.1) is 12.2 Å². The molecule has 1 fully saturated rings. The molecule has 0 unspecified atom stereocenters. The molecule has 0 bridgehead atoms. The lowest BCUT2D eigenvalue weighted by Gasteiger charge is -2.34. The lowest BCUT2D eigenvalue weighted by molar-refractivity contribution is 0.206. The van der Waals surface area contributed by atoms with Crippen molar-refractivity contribution in [1.82, 2.24) is 14.9 Å². The van der Waals surface area contributed by atoms with E-state index in [1.54, 1.807) is 0 Å². The van der Waals surface area contributed by atoms with Crippen LogP contribution in [0, 0.1) is 6.92 Å². The summed E-state index contributed by atoms with van der Waals surface area (Å²) < 4.78 is 0. The van der Waals surface area contributed by atoms with Crippen LogP contribution in [0.4, 0.5) is 16.3 Å². The summed E-state index contributed by atoms with van der Waals surface area (Å²) in [5, 5.41) is 2.99. The second-order valence-corrected chi connectivity index (χ2v) is 7.04. The number of amides is 2. The zero-order valence-electron chi connectivity index (χ0n) is 15.2. The molecule has 136 valence electrons. The highest BCUT2D eigenvalue weighted by atomic mass is 16.2. The highest BCUT2D eigenvalue weighted by molar-refractivity contribution is 5.89. The Kier molecular flexibility index (Phi) is 4.73. The Balaban J connectivity index is 1.56. The first kappa shape index (κ1) is 16.8. The van der Waals surface area contributed by atoms with Gasteiger partial charge in [-0.1, -0.05) is 18.2 Å². The van der Waals surface area contributed by atoms with Crippen LogP contribution in [0.1, 0.15) is 36.3 Å². The minimum absolute atomic E-state index is 0.0629. The fraction of sp³-hybridized carbons (Fsp3) is 0.450. The van der Waals surface area contributed by atoms with Gasteiger partial charge in [-0.25, -0.2) is 14.8 Å². The molecule has 0 saturated carbocycles. The van der Waals surface area contributed by atoms with Gasteiger partial charge in [0, 0.05) is 37.3 Å². The van der Waals surface area contributed by atoms with Gasteiger partial charge in [0.1, 0.15) is 11.6 Å². The molecular formula is C20H25N5O. The zero-order valence-corrected chi connectivity index (χ0v) is 15.2. The third-order valence-corrected chi connectivity index (χ3v) is 5.12. The monoisotopic (exact) mass is 351 g/mol. The largest absolute Gasteiger partial charge is 0.356 e. The van der Waals surface area contributed by atoms with E-state index in [0.29, 0.717) is 13.1 Å². The number of rotatable bonds is 2. The molecule has 4 rings (SSSR count). The third-order valence-electron chi connectivity index (χ3n) is 5.12. The number of nitrogens with zero attached hydrogens (tertiary/aromatic N) is 4. The van der Waals surface area contributed by atoms with E-state index >= 15 is 0 Å². The molecule has 0 atom stereocenters. The van der Waals surface area contributed by atoms with Crippen molar-refractivity contribution in [3.8, 4) is 0 Å². The standard InChI is InChI=1S/C20H25N5O/c1-15-21-18-10-13-25(20(26)23-16-8-4-2-5-9-16)14-17(18)19(22-15)24-11-6-3-7-12-24/h2,4-5,8-9H,3,6-7,10-14H2,1H3,(H,23,26). The Morgan fingerprint density at radius 3 is 2.58 bits per heavy atom. The molecule has 3 heterocycles. The number of carbonyl (C=O) groups excluding carboxylic acids is 1. The van der Waals surface area contributed by atoms with Crippen LogP contribution in [-0.4, -0.2) is 40.5 Å². The minimum Gasteiger partial charge on any atom is -0.356 e. The number of para-hydroxylation sites is 1. The van der Waals surface area contributed by atoms with E-state index in [-0.39, 0.29) is 6.03 Å². The average molecular weight is 351 g/mol. The molecule has 26 heavy (non-hydrogen) atoms. The second-order valence-electron chi connectivity index (χ2n) is 7.04. The Morgan fingerprint density at radius 1 is 1.04 bits per heavy atom. The van der Waals surface area contributed by atoms with Crippen molar-refractivity contribution >= 4 is 17.5 Å². The molecule has 2 amide bonds. The molecule has 1 saturated heterocycles. The number of aryl methyl sites for hydroxylation is 1. The lowest BCUT2D eigenvalue weighted by atomic mass is 10.0. The van der Waals surface area contributed by atoms with Crippen LogP contribution in [0.5, 0.6) is 0 Å². The predicted octanol–water partition coefficient (Wildman–Crippen LogP) is 3.37. The molecule has 6 heteroatoms. The molecule has 0 radical (unpaired) electrons. The van der Waals surface area contributed by atoms with Gasteiger partial charge in [0.2, 0.25) is 0 Å². The second kappa shape index (κ2) is 7.32. The van der Waals surface area contributed by atoms with E-state index < -0.39 is 0 Å². The van der Waals surface area contributed by atoms with Gasteiger partial charge in [-0.3, -0.25) is 0 Å². The normalized spacial score (nSPS) is 17.0. The number of urea groups is 1. The summed E-state index contributed by atoms with van der Waals surface area (Å²) in [7, 11) is 0. The van der Waals surface area contributed by atoms with Crippen molar-refractivity contribution in [1.29, 1.82) is 0 Å². The fourth-order valence-corrected chi connectivity index (χ4v) is 3.78.